The van der Waals surface area contributed by atoms with E-state index in [1.807, 2.05) is 6.08 Å². The Bertz CT molecular complexity index is 74.1. The van der Waals surface area contributed by atoms with Gasteiger partial charge in [0.15, 0.2) is 0 Å². The lowest BCUT2D eigenvalue weighted by Crippen LogP contribution is -1.94. The molecule has 40 valence electrons. The van der Waals surface area contributed by atoms with Gasteiger partial charge >= 0.3 is 0 Å². The van der Waals surface area contributed by atoms with Crippen LogP contribution in [0.1, 0.15) is 0 Å². The Balaban J connectivity index is 1.98. The van der Waals surface area contributed by atoms with Gasteiger partial charge in [-0.25, -0.2) is 0 Å². The predicted molar refractivity (Wildman–Crippen MR) is 29.8 cm³/mol. The van der Waals surface area contributed by atoms with E-state index in [2.05, 4.69) is 4.90 Å². The molecule has 0 spiro atoms. The van der Waals surface area contributed by atoms with E-state index in [0.717, 1.165) is 6.54 Å². The van der Waals surface area contributed by atoms with Gasteiger partial charge in [0, 0.05) is 19.6 Å². The molecule has 1 rings (SSSR count). The second-order valence-electron chi connectivity index (χ2n) is 1.73. The van der Waals surface area contributed by atoms with Crippen LogP contribution in [0.2, 0.25) is 0 Å². The molecule has 0 bridgehead atoms. The van der Waals surface area contributed by atoms with Gasteiger partial charge in [-0.1, -0.05) is 6.08 Å². The standard InChI is InChI=1S/C5H10N2/c6-2-1-3-7-4-5-7/h1-2H,3-6H2. The minimum absolute atomic E-state index is 1.04. The zero-order chi connectivity index (χ0) is 5.11. The molecule has 0 atom stereocenters. The van der Waals surface area contributed by atoms with E-state index in [9.17, 15) is 0 Å². The van der Waals surface area contributed by atoms with E-state index in [0.29, 0.717) is 0 Å². The molecule has 0 aliphatic carbocycles. The molecular formula is C5H10N2. The molecule has 2 heteroatoms. The Morgan fingerprint density at radius 2 is 2.29 bits per heavy atom. The molecular weight excluding hydrogens is 88.1 g/mol. The zero-order valence-corrected chi connectivity index (χ0v) is 4.30. The van der Waals surface area contributed by atoms with Crippen molar-refractivity contribution in [2.75, 3.05) is 19.6 Å². The van der Waals surface area contributed by atoms with Crippen molar-refractivity contribution in [1.82, 2.24) is 4.90 Å². The van der Waals surface area contributed by atoms with E-state index in [4.69, 9.17) is 5.73 Å². The van der Waals surface area contributed by atoms with E-state index >= 15 is 0 Å². The topological polar surface area (TPSA) is 29.0 Å². The summed E-state index contributed by atoms with van der Waals surface area (Å²) in [6.07, 6.45) is 3.56. The summed E-state index contributed by atoms with van der Waals surface area (Å²) in [6.45, 7) is 3.55. The fourth-order valence-corrected chi connectivity index (χ4v) is 0.463. The lowest BCUT2D eigenvalue weighted by Gasteiger charge is -1.86. The third-order valence-corrected chi connectivity index (χ3v) is 1.04. The molecule has 1 fully saturated rings. The van der Waals surface area contributed by atoms with E-state index < -0.39 is 0 Å². The van der Waals surface area contributed by atoms with Gasteiger partial charge in [-0.05, 0) is 6.20 Å². The van der Waals surface area contributed by atoms with Crippen molar-refractivity contribution in [3.8, 4) is 0 Å². The fraction of sp³-hybridized carbons (Fsp3) is 0.600. The highest BCUT2D eigenvalue weighted by Gasteiger charge is 2.13. The van der Waals surface area contributed by atoms with Crippen molar-refractivity contribution in [2.45, 2.75) is 0 Å². The van der Waals surface area contributed by atoms with Gasteiger partial charge in [0.05, 0.1) is 0 Å². The molecule has 0 aromatic carbocycles. The van der Waals surface area contributed by atoms with E-state index in [1.165, 1.54) is 13.1 Å². The molecule has 0 amide bonds. The Hall–Kier alpha value is -0.500. The molecule has 0 unspecified atom stereocenters. The van der Waals surface area contributed by atoms with Crippen LogP contribution in [0.25, 0.3) is 0 Å². The van der Waals surface area contributed by atoms with Crippen molar-refractivity contribution in [1.29, 1.82) is 0 Å². The van der Waals surface area contributed by atoms with Crippen LogP contribution in [0, 0.1) is 0 Å². The van der Waals surface area contributed by atoms with Crippen LogP contribution in [-0.2, 0) is 0 Å². The summed E-state index contributed by atoms with van der Waals surface area (Å²) in [5, 5.41) is 0. The summed E-state index contributed by atoms with van der Waals surface area (Å²) in [7, 11) is 0. The van der Waals surface area contributed by atoms with Crippen molar-refractivity contribution in [3.05, 3.63) is 12.3 Å². The molecule has 0 aromatic rings. The smallest absolute Gasteiger partial charge is 0.0181 e. The summed E-state index contributed by atoms with van der Waals surface area (Å²) in [6, 6.07) is 0. The highest BCUT2D eigenvalue weighted by molar-refractivity contribution is 4.85. The second kappa shape index (κ2) is 1.98. The van der Waals surface area contributed by atoms with Gasteiger partial charge in [-0.2, -0.15) is 0 Å². The summed E-state index contributed by atoms with van der Waals surface area (Å²) >= 11 is 0. The minimum Gasteiger partial charge on any atom is -0.405 e. The number of nitrogens with two attached hydrogens (primary N) is 1. The SMILES string of the molecule is NC=CCN1CC1. The number of hydrogen-bond donors (Lipinski definition) is 1. The summed E-state index contributed by atoms with van der Waals surface area (Å²) in [5.74, 6) is 0. The maximum absolute atomic E-state index is 5.10. The normalized spacial score (nSPS) is 21.1. The molecule has 2 N–H and O–H groups in total. The fourth-order valence-electron chi connectivity index (χ4n) is 0.463. The minimum atomic E-state index is 1.04. The molecule has 0 aromatic heterocycles. The molecule has 2 nitrogen and oxygen atoms in total. The Morgan fingerprint density at radius 1 is 1.57 bits per heavy atom. The average Bonchev–Trinajstić information content (AvgIpc) is 2.42. The molecule has 0 saturated carbocycles. The van der Waals surface area contributed by atoms with Crippen LogP contribution in [0.3, 0.4) is 0 Å². The highest BCUT2D eigenvalue weighted by Crippen LogP contribution is 2.00. The summed E-state index contributed by atoms with van der Waals surface area (Å²) in [4.78, 5) is 2.30. The molecule has 1 saturated heterocycles. The molecule has 1 aliphatic heterocycles. The molecule has 7 heavy (non-hydrogen) atoms. The predicted octanol–water partition coefficient (Wildman–Crippen LogP) is -0.226. The van der Waals surface area contributed by atoms with Gasteiger partial charge in [0.25, 0.3) is 0 Å². The quantitative estimate of drug-likeness (QED) is 0.483. The zero-order valence-electron chi connectivity index (χ0n) is 4.30. The lowest BCUT2D eigenvalue weighted by molar-refractivity contribution is 0.628. The third kappa shape index (κ3) is 1.59. The van der Waals surface area contributed by atoms with E-state index in [-0.39, 0.29) is 0 Å². The average molecular weight is 98.1 g/mol. The number of nitrogens with zero attached hydrogens (tertiary/aromatic N) is 1. The first kappa shape index (κ1) is 4.65. The van der Waals surface area contributed by atoms with Crippen LogP contribution in [0.4, 0.5) is 0 Å². The van der Waals surface area contributed by atoms with Crippen molar-refractivity contribution in [3.63, 3.8) is 0 Å². The van der Waals surface area contributed by atoms with Crippen molar-refractivity contribution >= 4 is 0 Å². The Labute approximate surface area is 43.6 Å². The van der Waals surface area contributed by atoms with Crippen LogP contribution in [-0.4, -0.2) is 24.5 Å². The first-order valence-corrected chi connectivity index (χ1v) is 2.52. The third-order valence-electron chi connectivity index (χ3n) is 1.04. The second-order valence-corrected chi connectivity index (χ2v) is 1.73. The Kier molecular flexibility index (Phi) is 1.32. The van der Waals surface area contributed by atoms with Gasteiger partial charge < -0.3 is 5.73 Å². The number of hydrogen-bond acceptors (Lipinski definition) is 2. The van der Waals surface area contributed by atoms with Gasteiger partial charge in [0.2, 0.25) is 0 Å². The van der Waals surface area contributed by atoms with Gasteiger partial charge in [-0.15, -0.1) is 0 Å². The first-order chi connectivity index (χ1) is 3.43. The highest BCUT2D eigenvalue weighted by atomic mass is 15.2. The van der Waals surface area contributed by atoms with Crippen LogP contribution < -0.4 is 5.73 Å². The van der Waals surface area contributed by atoms with Crippen molar-refractivity contribution < 1.29 is 0 Å². The van der Waals surface area contributed by atoms with Crippen LogP contribution in [0.5, 0.6) is 0 Å². The van der Waals surface area contributed by atoms with E-state index in [1.54, 1.807) is 6.20 Å². The Morgan fingerprint density at radius 3 is 2.71 bits per heavy atom. The van der Waals surface area contributed by atoms with Gasteiger partial charge in [0.1, 0.15) is 0 Å². The summed E-state index contributed by atoms with van der Waals surface area (Å²) < 4.78 is 0. The molecule has 1 aliphatic rings. The molecule has 1 heterocycles. The maximum Gasteiger partial charge on any atom is 0.0181 e. The summed E-state index contributed by atoms with van der Waals surface area (Å²) in [5.41, 5.74) is 5.10. The largest absolute Gasteiger partial charge is 0.405 e. The van der Waals surface area contributed by atoms with Crippen LogP contribution in [0.15, 0.2) is 12.3 Å². The first-order valence-electron chi connectivity index (χ1n) is 2.52. The monoisotopic (exact) mass is 98.1 g/mol. The van der Waals surface area contributed by atoms with Crippen molar-refractivity contribution in [2.24, 2.45) is 5.73 Å². The maximum atomic E-state index is 5.10. The molecule has 0 radical (unpaired) electrons. The van der Waals surface area contributed by atoms with Gasteiger partial charge in [-0.3, -0.25) is 4.90 Å². The lowest BCUT2D eigenvalue weighted by atomic mass is 10.6. The van der Waals surface area contributed by atoms with Crippen LogP contribution >= 0.6 is 0 Å². The number of rotatable bonds is 2.